The number of nitrogens with one attached hydrogen (secondary N) is 1. The normalized spacial score (nSPS) is 18.2. The maximum Gasteiger partial charge on any atom is 0.0406 e. The van der Waals surface area contributed by atoms with Gasteiger partial charge in [-0.2, -0.15) is 0 Å². The Morgan fingerprint density at radius 2 is 2.00 bits per heavy atom. The number of nitrogens with zero attached hydrogens (tertiary/aromatic N) is 3. The molecule has 1 aliphatic rings. The molecule has 0 aromatic heterocycles. The smallest absolute Gasteiger partial charge is 0.0406 e. The third-order valence-corrected chi connectivity index (χ3v) is 5.93. The molecule has 0 saturated heterocycles. The van der Waals surface area contributed by atoms with Crippen LogP contribution in [0.15, 0.2) is 40.3 Å². The van der Waals surface area contributed by atoms with E-state index in [0.717, 1.165) is 25.9 Å². The SMILES string of the molecule is CCCN(CCCN(CC1=CN=CCCC1C)/C(C)=C/C/C=C(\C)NC)C(C)C. The molecule has 0 aromatic carbocycles. The van der Waals surface area contributed by atoms with E-state index >= 15 is 0 Å². The summed E-state index contributed by atoms with van der Waals surface area (Å²) in [4.78, 5) is 9.68. The standard InChI is InChI=1S/C25H46N4/c1-8-16-28(21(2)3)17-11-18-29(24(6)14-9-13-23(5)26-7)20-25-19-27-15-10-12-22(25)4/h13-15,19,21-22,26H,8-12,16-18,20H2,1-7H3/b23-13+,24-14+. The van der Waals surface area contributed by atoms with Gasteiger partial charge in [-0.25, -0.2) is 0 Å². The molecule has 0 radical (unpaired) electrons. The van der Waals surface area contributed by atoms with Crippen LogP contribution in [0.4, 0.5) is 0 Å². The predicted octanol–water partition coefficient (Wildman–Crippen LogP) is 5.60. The molecule has 1 rings (SSSR count). The van der Waals surface area contributed by atoms with Gasteiger partial charge in [0.15, 0.2) is 0 Å². The van der Waals surface area contributed by atoms with Crippen LogP contribution in [0.2, 0.25) is 0 Å². The Kier molecular flexibility index (Phi) is 12.7. The van der Waals surface area contributed by atoms with Crippen molar-refractivity contribution in [2.45, 2.75) is 79.7 Å². The van der Waals surface area contributed by atoms with Crippen LogP contribution in [0.3, 0.4) is 0 Å². The zero-order valence-electron chi connectivity index (χ0n) is 20.2. The lowest BCUT2D eigenvalue weighted by Gasteiger charge is -2.31. The quantitative estimate of drug-likeness (QED) is 0.435. The van der Waals surface area contributed by atoms with Crippen LogP contribution in [0.5, 0.6) is 0 Å². The van der Waals surface area contributed by atoms with Gasteiger partial charge in [0.25, 0.3) is 0 Å². The van der Waals surface area contributed by atoms with Gasteiger partial charge in [-0.15, -0.1) is 0 Å². The van der Waals surface area contributed by atoms with Gasteiger partial charge < -0.3 is 15.1 Å². The number of hydrogen-bond donors (Lipinski definition) is 1. The zero-order valence-corrected chi connectivity index (χ0v) is 20.2. The fourth-order valence-corrected chi connectivity index (χ4v) is 3.67. The van der Waals surface area contributed by atoms with Gasteiger partial charge in [0.05, 0.1) is 0 Å². The van der Waals surface area contributed by atoms with Crippen molar-refractivity contribution in [2.75, 3.05) is 33.2 Å². The topological polar surface area (TPSA) is 30.9 Å². The molecule has 1 aliphatic heterocycles. The Bertz CT molecular complexity index is 571. The van der Waals surface area contributed by atoms with E-state index in [0.29, 0.717) is 12.0 Å². The van der Waals surface area contributed by atoms with Gasteiger partial charge in [-0.1, -0.05) is 26.0 Å². The van der Waals surface area contributed by atoms with Crippen LogP contribution in [0.1, 0.15) is 73.6 Å². The Morgan fingerprint density at radius 1 is 1.24 bits per heavy atom. The summed E-state index contributed by atoms with van der Waals surface area (Å²) in [5, 5.41) is 3.20. The molecular weight excluding hydrogens is 356 g/mol. The maximum absolute atomic E-state index is 4.51. The van der Waals surface area contributed by atoms with Crippen LogP contribution in [-0.2, 0) is 0 Å². The highest BCUT2D eigenvalue weighted by Gasteiger charge is 2.16. The Hall–Kier alpha value is -1.55. The van der Waals surface area contributed by atoms with Crippen LogP contribution in [0.25, 0.3) is 0 Å². The first-order chi connectivity index (χ1) is 13.9. The van der Waals surface area contributed by atoms with E-state index in [-0.39, 0.29) is 0 Å². The second kappa shape index (κ2) is 14.4. The van der Waals surface area contributed by atoms with Crippen molar-refractivity contribution in [1.82, 2.24) is 15.1 Å². The minimum atomic E-state index is 0.603. The van der Waals surface area contributed by atoms with Crippen molar-refractivity contribution < 1.29 is 0 Å². The van der Waals surface area contributed by atoms with Crippen molar-refractivity contribution in [2.24, 2.45) is 10.9 Å². The summed E-state index contributed by atoms with van der Waals surface area (Å²) in [6.45, 7) is 18.1. The summed E-state index contributed by atoms with van der Waals surface area (Å²) in [5.41, 5.74) is 4.06. The Balaban J connectivity index is 2.82. The van der Waals surface area contributed by atoms with Crippen molar-refractivity contribution >= 4 is 6.21 Å². The fraction of sp³-hybridized carbons (Fsp3) is 0.720. The highest BCUT2D eigenvalue weighted by atomic mass is 15.2. The average Bonchev–Trinajstić information content (AvgIpc) is 2.90. The highest BCUT2D eigenvalue weighted by Crippen LogP contribution is 2.22. The number of allylic oxidation sites excluding steroid dienone is 4. The molecule has 166 valence electrons. The molecule has 1 atom stereocenters. The molecule has 4 nitrogen and oxygen atoms in total. The van der Waals surface area contributed by atoms with Crippen LogP contribution >= 0.6 is 0 Å². The average molecular weight is 403 g/mol. The molecule has 0 aliphatic carbocycles. The summed E-state index contributed by atoms with van der Waals surface area (Å²) in [6, 6.07) is 0.619. The first-order valence-electron chi connectivity index (χ1n) is 11.6. The predicted molar refractivity (Wildman–Crippen MR) is 129 cm³/mol. The number of hydrogen-bond acceptors (Lipinski definition) is 4. The Morgan fingerprint density at radius 3 is 2.66 bits per heavy atom. The summed E-state index contributed by atoms with van der Waals surface area (Å²) < 4.78 is 0. The summed E-state index contributed by atoms with van der Waals surface area (Å²) in [6.07, 6.45) is 14.5. The lowest BCUT2D eigenvalue weighted by molar-refractivity contribution is 0.208. The number of aliphatic imine (C=N–C) groups is 1. The summed E-state index contributed by atoms with van der Waals surface area (Å²) >= 11 is 0. The first kappa shape index (κ1) is 25.5. The molecule has 1 N–H and O–H groups in total. The van der Waals surface area contributed by atoms with Crippen molar-refractivity contribution in [3.8, 4) is 0 Å². The van der Waals surface area contributed by atoms with Gasteiger partial charge in [0.2, 0.25) is 0 Å². The van der Waals surface area contributed by atoms with Crippen LogP contribution < -0.4 is 5.32 Å². The van der Waals surface area contributed by atoms with E-state index < -0.39 is 0 Å². The molecular formula is C25H46N4. The molecule has 0 saturated carbocycles. The molecule has 29 heavy (non-hydrogen) atoms. The highest BCUT2D eigenvalue weighted by molar-refractivity contribution is 5.58. The third kappa shape index (κ3) is 10.2. The van der Waals surface area contributed by atoms with Crippen LogP contribution in [-0.4, -0.2) is 55.3 Å². The maximum atomic E-state index is 4.51. The fourth-order valence-electron chi connectivity index (χ4n) is 3.67. The van der Waals surface area contributed by atoms with Gasteiger partial charge in [-0.3, -0.25) is 4.99 Å². The van der Waals surface area contributed by atoms with E-state index in [4.69, 9.17) is 0 Å². The first-order valence-corrected chi connectivity index (χ1v) is 11.6. The lowest BCUT2D eigenvalue weighted by Crippen LogP contribution is -2.35. The summed E-state index contributed by atoms with van der Waals surface area (Å²) in [5.74, 6) is 0.603. The van der Waals surface area contributed by atoms with Crippen LogP contribution in [0, 0.1) is 5.92 Å². The van der Waals surface area contributed by atoms with E-state index in [2.05, 4.69) is 86.2 Å². The van der Waals surface area contributed by atoms with E-state index in [1.54, 1.807) is 0 Å². The minimum Gasteiger partial charge on any atom is -0.392 e. The van der Waals surface area contributed by atoms with Gasteiger partial charge >= 0.3 is 0 Å². The van der Waals surface area contributed by atoms with E-state index in [9.17, 15) is 0 Å². The molecule has 1 heterocycles. The van der Waals surface area contributed by atoms with Crippen molar-refractivity contribution in [1.29, 1.82) is 0 Å². The van der Waals surface area contributed by atoms with Gasteiger partial charge in [-0.05, 0) is 77.8 Å². The largest absolute Gasteiger partial charge is 0.392 e. The second-order valence-electron chi connectivity index (χ2n) is 8.64. The molecule has 0 bridgehead atoms. The summed E-state index contributed by atoms with van der Waals surface area (Å²) in [7, 11) is 1.98. The molecule has 0 amide bonds. The molecule has 0 fully saturated rings. The second-order valence-corrected chi connectivity index (χ2v) is 8.64. The van der Waals surface area contributed by atoms with Crippen molar-refractivity contribution in [3.63, 3.8) is 0 Å². The number of rotatable bonds is 13. The zero-order chi connectivity index (χ0) is 21.6. The third-order valence-electron chi connectivity index (χ3n) is 5.93. The molecule has 1 unspecified atom stereocenters. The van der Waals surface area contributed by atoms with E-state index in [1.165, 1.54) is 49.3 Å². The molecule has 0 aromatic rings. The monoisotopic (exact) mass is 402 g/mol. The Labute approximate surface area is 180 Å². The molecule has 0 spiro atoms. The van der Waals surface area contributed by atoms with Gasteiger partial charge in [0, 0.05) is 56.5 Å². The molecule has 4 heteroatoms. The van der Waals surface area contributed by atoms with Gasteiger partial charge in [0.1, 0.15) is 0 Å². The minimum absolute atomic E-state index is 0.603. The van der Waals surface area contributed by atoms with Crippen molar-refractivity contribution in [3.05, 3.63) is 35.3 Å². The lowest BCUT2D eigenvalue weighted by atomic mass is 9.97. The van der Waals surface area contributed by atoms with E-state index in [1.807, 2.05) is 7.05 Å².